The molecule has 2 N–H and O–H groups in total. The van der Waals surface area contributed by atoms with Crippen molar-refractivity contribution in [1.82, 2.24) is 5.43 Å². The number of nitro groups is 1. The molecular weight excluding hydrogens is 442 g/mol. The summed E-state index contributed by atoms with van der Waals surface area (Å²) in [5.41, 5.74) is 3.03. The number of halogens is 1. The highest BCUT2D eigenvalue weighted by molar-refractivity contribution is 9.10. The Hall–Kier alpha value is -3.46. The lowest BCUT2D eigenvalue weighted by Crippen LogP contribution is -2.20. The lowest BCUT2D eigenvalue weighted by Gasteiger charge is -2.07. The van der Waals surface area contributed by atoms with E-state index in [9.17, 15) is 20.0 Å². The van der Waals surface area contributed by atoms with Gasteiger partial charge in [0, 0.05) is 16.1 Å². The number of carbonyl (C=O) groups is 1. The molecule has 0 aliphatic heterocycles. The Morgan fingerprint density at radius 2 is 2.00 bits per heavy atom. The minimum absolute atomic E-state index is 0.0618. The molecule has 0 atom stereocenters. The maximum absolute atomic E-state index is 12.3. The normalized spacial score (nSPS) is 11.0. The number of hydrazone groups is 1. The quantitative estimate of drug-likeness (QED) is 0.330. The highest BCUT2D eigenvalue weighted by Crippen LogP contribution is 2.36. The van der Waals surface area contributed by atoms with Crippen LogP contribution in [0.15, 0.2) is 58.1 Å². The van der Waals surface area contributed by atoms with E-state index in [1.54, 1.807) is 0 Å². The summed E-state index contributed by atoms with van der Waals surface area (Å²) in [5, 5.41) is 26.6. The number of hydrogen-bond acceptors (Lipinski definition) is 6. The van der Waals surface area contributed by atoms with E-state index < -0.39 is 16.4 Å². The summed E-state index contributed by atoms with van der Waals surface area (Å²) < 4.78 is 5.87. The first-order valence-corrected chi connectivity index (χ1v) is 9.23. The van der Waals surface area contributed by atoms with Crippen LogP contribution in [0, 0.1) is 10.1 Å². The van der Waals surface area contributed by atoms with Crippen molar-refractivity contribution < 1.29 is 19.6 Å². The minimum Gasteiger partial charge on any atom is -0.500 e. The Labute approximate surface area is 174 Å². The molecule has 1 amide bonds. The number of amides is 1. The van der Waals surface area contributed by atoms with Gasteiger partial charge >= 0.3 is 5.69 Å². The number of fused-ring (bicyclic) bond motifs is 1. The number of methoxy groups -OCH3 is 1. The number of nitro benzene ring substituents is 1. The molecule has 3 rings (SSSR count). The van der Waals surface area contributed by atoms with Crippen LogP contribution in [0.3, 0.4) is 0 Å². The van der Waals surface area contributed by atoms with Crippen LogP contribution in [0.4, 0.5) is 5.69 Å². The Morgan fingerprint density at radius 3 is 2.69 bits per heavy atom. The summed E-state index contributed by atoms with van der Waals surface area (Å²) >= 11 is 3.50. The molecule has 0 aliphatic carbocycles. The van der Waals surface area contributed by atoms with Crippen LogP contribution >= 0.6 is 15.9 Å². The molecule has 29 heavy (non-hydrogen) atoms. The Bertz CT molecular complexity index is 1130. The van der Waals surface area contributed by atoms with Crippen molar-refractivity contribution in [2.45, 2.75) is 6.42 Å². The van der Waals surface area contributed by atoms with Crippen LogP contribution in [0.5, 0.6) is 11.5 Å². The number of nitrogens with zero attached hydrogens (tertiary/aromatic N) is 2. The van der Waals surface area contributed by atoms with Gasteiger partial charge in [0.15, 0.2) is 5.75 Å². The van der Waals surface area contributed by atoms with Crippen molar-refractivity contribution in [2.24, 2.45) is 5.10 Å². The van der Waals surface area contributed by atoms with Gasteiger partial charge in [0.05, 0.1) is 24.7 Å². The molecule has 8 nitrogen and oxygen atoms in total. The first kappa shape index (κ1) is 20.3. The van der Waals surface area contributed by atoms with Crippen molar-refractivity contribution in [1.29, 1.82) is 0 Å². The van der Waals surface area contributed by atoms with Gasteiger partial charge in [-0.15, -0.1) is 0 Å². The molecule has 0 saturated carbocycles. The van der Waals surface area contributed by atoms with E-state index in [-0.39, 0.29) is 18.1 Å². The lowest BCUT2D eigenvalue weighted by atomic mass is 10.0. The standard InChI is InChI=1S/C20H16BrN3O5/c1-29-18-9-12(8-17(20(18)26)24(27)28)11-22-23-19(25)10-13-6-7-16(21)15-5-3-2-4-14(13)15/h2-9,11,26H,10H2,1H3,(H,23,25)/b22-11-. The topological polar surface area (TPSA) is 114 Å². The van der Waals surface area contributed by atoms with Gasteiger partial charge in [0.1, 0.15) is 0 Å². The molecule has 0 spiro atoms. The van der Waals surface area contributed by atoms with Crippen molar-refractivity contribution in [3.05, 3.63) is 74.2 Å². The average molecular weight is 458 g/mol. The molecule has 0 unspecified atom stereocenters. The molecule has 0 heterocycles. The summed E-state index contributed by atoms with van der Waals surface area (Å²) in [6, 6.07) is 14.0. The third kappa shape index (κ3) is 4.52. The van der Waals surface area contributed by atoms with Gasteiger partial charge in [-0.05, 0) is 28.5 Å². The van der Waals surface area contributed by atoms with Gasteiger partial charge < -0.3 is 9.84 Å². The largest absolute Gasteiger partial charge is 0.500 e. The molecule has 0 fully saturated rings. The van der Waals surface area contributed by atoms with Crippen LogP contribution in [-0.4, -0.2) is 29.3 Å². The zero-order chi connectivity index (χ0) is 21.0. The van der Waals surface area contributed by atoms with Crippen molar-refractivity contribution >= 4 is 44.5 Å². The summed E-state index contributed by atoms with van der Waals surface area (Å²) in [5.74, 6) is -0.969. The van der Waals surface area contributed by atoms with Gasteiger partial charge in [0.2, 0.25) is 11.7 Å². The SMILES string of the molecule is COc1cc(/C=N\NC(=O)Cc2ccc(Br)c3ccccc23)cc([N+](=O)[O-])c1O. The Morgan fingerprint density at radius 1 is 1.28 bits per heavy atom. The number of benzene rings is 3. The highest BCUT2D eigenvalue weighted by Gasteiger charge is 2.19. The maximum Gasteiger partial charge on any atom is 0.315 e. The van der Waals surface area contributed by atoms with Gasteiger partial charge in [-0.25, -0.2) is 5.43 Å². The van der Waals surface area contributed by atoms with E-state index in [4.69, 9.17) is 4.74 Å². The number of phenolic OH excluding ortho intramolecular Hbond substituents is 1. The first-order chi connectivity index (χ1) is 13.9. The van der Waals surface area contributed by atoms with Crippen LogP contribution in [0.25, 0.3) is 10.8 Å². The fourth-order valence-electron chi connectivity index (χ4n) is 2.85. The summed E-state index contributed by atoms with van der Waals surface area (Å²) in [6.45, 7) is 0. The third-order valence-corrected chi connectivity index (χ3v) is 4.90. The fraction of sp³-hybridized carbons (Fsp3) is 0.100. The monoisotopic (exact) mass is 457 g/mol. The van der Waals surface area contributed by atoms with Gasteiger partial charge in [-0.2, -0.15) is 5.10 Å². The Kier molecular flexibility index (Phi) is 6.08. The minimum atomic E-state index is -0.730. The molecule has 9 heteroatoms. The van der Waals surface area contributed by atoms with Crippen molar-refractivity contribution in [3.63, 3.8) is 0 Å². The number of rotatable bonds is 6. The molecule has 148 valence electrons. The van der Waals surface area contributed by atoms with E-state index in [1.165, 1.54) is 19.4 Å². The van der Waals surface area contributed by atoms with Crippen molar-refractivity contribution in [2.75, 3.05) is 7.11 Å². The molecule has 0 radical (unpaired) electrons. The molecule has 0 bridgehead atoms. The number of nitrogens with one attached hydrogen (secondary N) is 1. The second kappa shape index (κ2) is 8.70. The zero-order valence-corrected chi connectivity index (χ0v) is 16.8. The van der Waals surface area contributed by atoms with Crippen LogP contribution < -0.4 is 10.2 Å². The predicted octanol–water partition coefficient (Wildman–Crippen LogP) is 3.92. The first-order valence-electron chi connectivity index (χ1n) is 8.44. The molecule has 3 aromatic carbocycles. The van der Waals surface area contributed by atoms with E-state index in [0.29, 0.717) is 5.56 Å². The number of ether oxygens (including phenoxy) is 1. The zero-order valence-electron chi connectivity index (χ0n) is 15.3. The number of aromatic hydroxyl groups is 1. The van der Waals surface area contributed by atoms with E-state index in [0.717, 1.165) is 26.9 Å². The summed E-state index contributed by atoms with van der Waals surface area (Å²) in [6.07, 6.45) is 1.36. The highest BCUT2D eigenvalue weighted by atomic mass is 79.9. The van der Waals surface area contributed by atoms with E-state index in [1.807, 2.05) is 36.4 Å². The lowest BCUT2D eigenvalue weighted by molar-refractivity contribution is -0.386. The average Bonchev–Trinajstić information content (AvgIpc) is 2.71. The van der Waals surface area contributed by atoms with E-state index >= 15 is 0 Å². The number of carbonyl (C=O) groups excluding carboxylic acids is 1. The molecule has 3 aromatic rings. The molecule has 0 aromatic heterocycles. The third-order valence-electron chi connectivity index (χ3n) is 4.21. The predicted molar refractivity (Wildman–Crippen MR) is 112 cm³/mol. The smallest absolute Gasteiger partial charge is 0.315 e. The second-order valence-corrected chi connectivity index (χ2v) is 6.92. The van der Waals surface area contributed by atoms with Crippen molar-refractivity contribution in [3.8, 4) is 11.5 Å². The Balaban J connectivity index is 1.75. The molecule has 0 saturated heterocycles. The molecular formula is C20H16BrN3O5. The number of hydrogen-bond donors (Lipinski definition) is 2. The van der Waals surface area contributed by atoms with Crippen LogP contribution in [-0.2, 0) is 11.2 Å². The van der Waals surface area contributed by atoms with Gasteiger partial charge in [0.25, 0.3) is 0 Å². The van der Waals surface area contributed by atoms with Gasteiger partial charge in [-0.3, -0.25) is 14.9 Å². The molecule has 0 aliphatic rings. The maximum atomic E-state index is 12.3. The van der Waals surface area contributed by atoms with Crippen LogP contribution in [0.1, 0.15) is 11.1 Å². The number of phenols is 1. The fourth-order valence-corrected chi connectivity index (χ4v) is 3.33. The van der Waals surface area contributed by atoms with E-state index in [2.05, 4.69) is 26.5 Å². The van der Waals surface area contributed by atoms with Gasteiger partial charge in [-0.1, -0.05) is 46.3 Å². The summed E-state index contributed by atoms with van der Waals surface area (Å²) in [7, 11) is 1.28. The van der Waals surface area contributed by atoms with Crippen LogP contribution in [0.2, 0.25) is 0 Å². The second-order valence-electron chi connectivity index (χ2n) is 6.07. The summed E-state index contributed by atoms with van der Waals surface area (Å²) in [4.78, 5) is 22.6.